The third-order valence-electron chi connectivity index (χ3n) is 4.19. The molecule has 24 heavy (non-hydrogen) atoms. The molecule has 0 radical (unpaired) electrons. The zero-order valence-corrected chi connectivity index (χ0v) is 16.2. The standard InChI is InChI=1S/C17H20INO5/c1-5-24-16(21)17(10(2)15(22-3)23-4)9-19-13-7-6-11(18)8-12(13)14(17)20/h6-10,15H,5H2,1-4H3. The van der Waals surface area contributed by atoms with Crippen LogP contribution >= 0.6 is 22.6 Å². The van der Waals surface area contributed by atoms with E-state index in [9.17, 15) is 9.59 Å². The second-order valence-electron chi connectivity index (χ2n) is 5.47. The summed E-state index contributed by atoms with van der Waals surface area (Å²) in [5, 5.41) is 0. The number of rotatable bonds is 6. The van der Waals surface area contributed by atoms with E-state index in [1.807, 2.05) is 6.07 Å². The summed E-state index contributed by atoms with van der Waals surface area (Å²) in [7, 11) is 2.93. The number of halogens is 1. The molecule has 2 rings (SSSR count). The highest BCUT2D eigenvalue weighted by atomic mass is 127. The molecule has 1 heterocycles. The predicted molar refractivity (Wildman–Crippen MR) is 97.7 cm³/mol. The minimum absolute atomic E-state index is 0.165. The van der Waals surface area contributed by atoms with Crippen molar-refractivity contribution >= 4 is 46.2 Å². The van der Waals surface area contributed by atoms with Crippen LogP contribution in [0.15, 0.2) is 23.2 Å². The maximum atomic E-state index is 13.3. The van der Waals surface area contributed by atoms with Gasteiger partial charge in [-0.05, 0) is 47.7 Å². The van der Waals surface area contributed by atoms with Gasteiger partial charge < -0.3 is 14.2 Å². The van der Waals surface area contributed by atoms with E-state index in [4.69, 9.17) is 14.2 Å². The number of esters is 1. The molecule has 6 nitrogen and oxygen atoms in total. The number of fused-ring (bicyclic) bond motifs is 1. The van der Waals surface area contributed by atoms with Gasteiger partial charge in [-0.3, -0.25) is 14.6 Å². The second kappa shape index (κ2) is 7.71. The number of nitrogens with zero attached hydrogens (tertiary/aromatic N) is 1. The highest BCUT2D eigenvalue weighted by Crippen LogP contribution is 2.41. The second-order valence-corrected chi connectivity index (χ2v) is 6.71. The highest BCUT2D eigenvalue weighted by Gasteiger charge is 2.55. The summed E-state index contributed by atoms with van der Waals surface area (Å²) in [6.07, 6.45) is 0.618. The van der Waals surface area contributed by atoms with Crippen molar-refractivity contribution in [3.63, 3.8) is 0 Å². The topological polar surface area (TPSA) is 74.2 Å². The number of aliphatic imine (C=N–C) groups is 1. The molecule has 0 amide bonds. The quantitative estimate of drug-likeness (QED) is 0.291. The Labute approximate surface area is 154 Å². The first-order chi connectivity index (χ1) is 11.4. The molecule has 0 N–H and O–H groups in total. The van der Waals surface area contributed by atoms with Crippen LogP contribution < -0.4 is 0 Å². The monoisotopic (exact) mass is 445 g/mol. The van der Waals surface area contributed by atoms with Gasteiger partial charge in [0.2, 0.25) is 0 Å². The smallest absolute Gasteiger partial charge is 0.326 e. The van der Waals surface area contributed by atoms with Gasteiger partial charge in [0.05, 0.1) is 12.3 Å². The molecule has 0 aromatic heterocycles. The Kier molecular flexibility index (Phi) is 6.11. The molecular formula is C17H20INO5. The largest absolute Gasteiger partial charge is 0.465 e. The molecule has 2 unspecified atom stereocenters. The average Bonchev–Trinajstić information content (AvgIpc) is 2.57. The fourth-order valence-electron chi connectivity index (χ4n) is 2.88. The molecule has 0 bridgehead atoms. The van der Waals surface area contributed by atoms with Crippen molar-refractivity contribution in [3.05, 3.63) is 27.3 Å². The number of ketones is 1. The number of hydrogen-bond donors (Lipinski definition) is 0. The fourth-order valence-corrected chi connectivity index (χ4v) is 3.37. The van der Waals surface area contributed by atoms with Crippen LogP contribution in [0.1, 0.15) is 24.2 Å². The van der Waals surface area contributed by atoms with Crippen LogP contribution in [-0.4, -0.2) is 45.1 Å². The first-order valence-corrected chi connectivity index (χ1v) is 8.62. The Balaban J connectivity index is 2.60. The van der Waals surface area contributed by atoms with E-state index in [-0.39, 0.29) is 12.4 Å². The Morgan fingerprint density at radius 3 is 2.58 bits per heavy atom. The van der Waals surface area contributed by atoms with E-state index in [0.29, 0.717) is 11.3 Å². The van der Waals surface area contributed by atoms with E-state index in [1.54, 1.807) is 26.0 Å². The lowest BCUT2D eigenvalue weighted by Gasteiger charge is -2.37. The van der Waals surface area contributed by atoms with Crippen LogP contribution in [0.4, 0.5) is 5.69 Å². The van der Waals surface area contributed by atoms with Crippen molar-refractivity contribution in [1.29, 1.82) is 0 Å². The number of carbonyl (C=O) groups is 2. The van der Waals surface area contributed by atoms with Crippen LogP contribution in [0.25, 0.3) is 0 Å². The van der Waals surface area contributed by atoms with Crippen LogP contribution in [0.5, 0.6) is 0 Å². The Bertz CT molecular complexity index is 671. The molecule has 1 aliphatic rings. The summed E-state index contributed by atoms with van der Waals surface area (Å²) in [4.78, 5) is 30.4. The molecule has 0 aliphatic carbocycles. The predicted octanol–water partition coefficient (Wildman–Crippen LogP) is 2.99. The Morgan fingerprint density at radius 2 is 2.00 bits per heavy atom. The summed E-state index contributed by atoms with van der Waals surface area (Å²) in [6.45, 7) is 3.58. The first-order valence-electron chi connectivity index (χ1n) is 7.54. The minimum atomic E-state index is -1.58. The van der Waals surface area contributed by atoms with Gasteiger partial charge in [0, 0.05) is 35.5 Å². The summed E-state index contributed by atoms with van der Waals surface area (Å²) < 4.78 is 16.6. The third-order valence-corrected chi connectivity index (χ3v) is 4.86. The van der Waals surface area contributed by atoms with Crippen molar-refractivity contribution < 1.29 is 23.8 Å². The van der Waals surface area contributed by atoms with Gasteiger partial charge in [0.1, 0.15) is 0 Å². The van der Waals surface area contributed by atoms with Crippen LogP contribution in [-0.2, 0) is 19.0 Å². The molecule has 1 aromatic carbocycles. The SMILES string of the molecule is CCOC(=O)C1(C(C)C(OC)OC)C=Nc2ccc(I)cc2C1=O. The van der Waals surface area contributed by atoms with Crippen molar-refractivity contribution in [3.8, 4) is 0 Å². The van der Waals surface area contributed by atoms with Crippen molar-refractivity contribution in [2.75, 3.05) is 20.8 Å². The summed E-state index contributed by atoms with van der Waals surface area (Å²) in [6, 6.07) is 5.34. The molecular weight excluding hydrogens is 425 g/mol. The maximum Gasteiger partial charge on any atom is 0.326 e. The number of carbonyl (C=O) groups excluding carboxylic acids is 2. The van der Waals surface area contributed by atoms with Gasteiger partial charge in [-0.1, -0.05) is 6.92 Å². The van der Waals surface area contributed by atoms with E-state index in [1.165, 1.54) is 20.4 Å². The molecule has 0 fully saturated rings. The number of hydrogen-bond acceptors (Lipinski definition) is 6. The molecule has 0 saturated heterocycles. The molecule has 2 atom stereocenters. The third kappa shape index (κ3) is 3.12. The number of Topliss-reactive ketones (excluding diaryl/α,β-unsaturated/α-hetero) is 1. The molecule has 0 spiro atoms. The van der Waals surface area contributed by atoms with Crippen LogP contribution in [0.3, 0.4) is 0 Å². The molecule has 7 heteroatoms. The van der Waals surface area contributed by atoms with Crippen LogP contribution in [0.2, 0.25) is 0 Å². The number of ether oxygens (including phenoxy) is 3. The normalized spacial score (nSPS) is 20.8. The molecule has 1 aromatic rings. The summed E-state index contributed by atoms with van der Waals surface area (Å²) in [5.41, 5.74) is -0.640. The summed E-state index contributed by atoms with van der Waals surface area (Å²) >= 11 is 2.12. The number of methoxy groups -OCH3 is 2. The van der Waals surface area contributed by atoms with Crippen LogP contribution in [0, 0.1) is 14.9 Å². The lowest BCUT2D eigenvalue weighted by Crippen LogP contribution is -2.52. The van der Waals surface area contributed by atoms with Crippen molar-refractivity contribution in [2.24, 2.45) is 16.3 Å². The van der Waals surface area contributed by atoms with E-state index in [2.05, 4.69) is 27.6 Å². The maximum absolute atomic E-state index is 13.3. The fraction of sp³-hybridized carbons (Fsp3) is 0.471. The van der Waals surface area contributed by atoms with E-state index < -0.39 is 23.6 Å². The molecule has 130 valence electrons. The zero-order valence-electron chi connectivity index (χ0n) is 14.0. The van der Waals surface area contributed by atoms with Gasteiger partial charge in [0.15, 0.2) is 17.5 Å². The van der Waals surface area contributed by atoms with Gasteiger partial charge in [-0.25, -0.2) is 0 Å². The van der Waals surface area contributed by atoms with E-state index >= 15 is 0 Å². The average molecular weight is 445 g/mol. The van der Waals surface area contributed by atoms with E-state index in [0.717, 1.165) is 3.57 Å². The summed E-state index contributed by atoms with van der Waals surface area (Å²) in [5.74, 6) is -1.61. The first kappa shape index (κ1) is 19.0. The molecule has 0 saturated carbocycles. The van der Waals surface area contributed by atoms with Gasteiger partial charge in [-0.2, -0.15) is 0 Å². The number of benzene rings is 1. The van der Waals surface area contributed by atoms with Gasteiger partial charge in [-0.15, -0.1) is 0 Å². The van der Waals surface area contributed by atoms with Crippen molar-refractivity contribution in [2.45, 2.75) is 20.1 Å². The Hall–Kier alpha value is -1.32. The zero-order chi connectivity index (χ0) is 17.9. The lowest BCUT2D eigenvalue weighted by atomic mass is 9.69. The van der Waals surface area contributed by atoms with Gasteiger partial charge in [0.25, 0.3) is 0 Å². The van der Waals surface area contributed by atoms with Crippen molar-refractivity contribution in [1.82, 2.24) is 0 Å². The van der Waals surface area contributed by atoms with Gasteiger partial charge >= 0.3 is 5.97 Å². The minimum Gasteiger partial charge on any atom is -0.465 e. The Morgan fingerprint density at radius 1 is 1.33 bits per heavy atom. The molecule has 1 aliphatic heterocycles. The lowest BCUT2D eigenvalue weighted by molar-refractivity contribution is -0.170. The highest BCUT2D eigenvalue weighted by molar-refractivity contribution is 14.1.